The fourth-order valence-corrected chi connectivity index (χ4v) is 3.41. The topological polar surface area (TPSA) is 56.3 Å². The maximum atomic E-state index is 13.9. The van der Waals surface area contributed by atoms with Gasteiger partial charge in [-0.1, -0.05) is 6.07 Å². The fraction of sp³-hybridized carbons (Fsp3) is 0.364. The van der Waals surface area contributed by atoms with E-state index in [1.54, 1.807) is 20.3 Å². The Hall–Kier alpha value is -2.89. The molecule has 28 heavy (non-hydrogen) atoms. The van der Waals surface area contributed by atoms with E-state index in [0.29, 0.717) is 17.4 Å². The summed E-state index contributed by atoms with van der Waals surface area (Å²) in [7, 11) is 3.22. The van der Waals surface area contributed by atoms with Crippen molar-refractivity contribution < 1.29 is 13.9 Å². The van der Waals surface area contributed by atoms with Gasteiger partial charge in [-0.05, 0) is 56.0 Å². The predicted octanol–water partition coefficient (Wildman–Crippen LogP) is 5.15. The van der Waals surface area contributed by atoms with Gasteiger partial charge >= 0.3 is 0 Å². The summed E-state index contributed by atoms with van der Waals surface area (Å²) in [6.45, 7) is 3.89. The van der Waals surface area contributed by atoms with Crippen LogP contribution in [-0.4, -0.2) is 24.2 Å². The molecule has 3 aromatic rings. The Morgan fingerprint density at radius 1 is 1.04 bits per heavy atom. The van der Waals surface area contributed by atoms with Crippen LogP contribution in [0.4, 0.5) is 10.2 Å². The van der Waals surface area contributed by atoms with Crippen LogP contribution >= 0.6 is 0 Å². The van der Waals surface area contributed by atoms with E-state index in [1.165, 1.54) is 6.07 Å². The van der Waals surface area contributed by atoms with Crippen LogP contribution in [0.25, 0.3) is 10.9 Å². The number of aromatic nitrogens is 2. The third-order valence-corrected chi connectivity index (χ3v) is 5.08. The number of nitrogens with one attached hydrogen (secondary N) is 1. The third kappa shape index (κ3) is 3.59. The number of fused-ring (bicyclic) bond motifs is 1. The molecule has 0 bridgehead atoms. The van der Waals surface area contributed by atoms with Crippen molar-refractivity contribution in [2.75, 3.05) is 19.5 Å². The number of ether oxygens (including phenoxy) is 2. The first-order valence-electron chi connectivity index (χ1n) is 9.45. The summed E-state index contributed by atoms with van der Waals surface area (Å²) in [5, 5.41) is 4.30. The van der Waals surface area contributed by atoms with E-state index in [-0.39, 0.29) is 11.9 Å². The average Bonchev–Trinajstić information content (AvgIpc) is 3.51. The van der Waals surface area contributed by atoms with Gasteiger partial charge in [0.15, 0.2) is 11.5 Å². The number of methoxy groups -OCH3 is 2. The van der Waals surface area contributed by atoms with E-state index in [0.717, 1.165) is 46.5 Å². The lowest BCUT2D eigenvalue weighted by Gasteiger charge is -2.19. The molecule has 0 saturated heterocycles. The quantitative estimate of drug-likeness (QED) is 0.640. The van der Waals surface area contributed by atoms with Crippen molar-refractivity contribution in [2.24, 2.45) is 0 Å². The molecule has 0 amide bonds. The molecule has 1 saturated carbocycles. The van der Waals surface area contributed by atoms with Gasteiger partial charge in [0.2, 0.25) is 0 Å². The third-order valence-electron chi connectivity index (χ3n) is 5.08. The summed E-state index contributed by atoms with van der Waals surface area (Å²) >= 11 is 0. The van der Waals surface area contributed by atoms with Gasteiger partial charge in [-0.3, -0.25) is 0 Å². The highest BCUT2D eigenvalue weighted by Crippen LogP contribution is 2.41. The molecular weight excluding hydrogens is 357 g/mol. The van der Waals surface area contributed by atoms with Crippen molar-refractivity contribution in [1.82, 2.24) is 9.97 Å². The lowest BCUT2D eigenvalue weighted by Crippen LogP contribution is -2.11. The maximum Gasteiger partial charge on any atom is 0.162 e. The Morgan fingerprint density at radius 3 is 2.39 bits per heavy atom. The van der Waals surface area contributed by atoms with E-state index < -0.39 is 0 Å². The van der Waals surface area contributed by atoms with E-state index in [9.17, 15) is 4.39 Å². The summed E-state index contributed by atoms with van der Waals surface area (Å²) in [5.41, 5.74) is 2.57. The molecule has 0 radical (unpaired) electrons. The Labute approximate surface area is 163 Å². The lowest BCUT2D eigenvalue weighted by atomic mass is 10.1. The molecule has 1 unspecified atom stereocenters. The first kappa shape index (κ1) is 18.5. The Bertz CT molecular complexity index is 1010. The second kappa shape index (κ2) is 7.26. The van der Waals surface area contributed by atoms with Crippen LogP contribution in [0.1, 0.15) is 48.7 Å². The standard InChI is InChI=1S/C22H24FN3O2/c1-12-7-15(9-16(23)8-12)13(2)24-22-17-10-19(27-3)20(28-4)11-18(17)25-21(26-22)14-5-6-14/h7-11,13-14H,5-6H2,1-4H3,(H,24,25,26). The molecule has 1 aliphatic carbocycles. The molecule has 2 aromatic carbocycles. The van der Waals surface area contributed by atoms with Crippen LogP contribution in [0.2, 0.25) is 0 Å². The number of rotatable bonds is 6. The van der Waals surface area contributed by atoms with Crippen LogP contribution in [0.3, 0.4) is 0 Å². The zero-order valence-electron chi connectivity index (χ0n) is 16.5. The van der Waals surface area contributed by atoms with Crippen molar-refractivity contribution in [3.63, 3.8) is 0 Å². The highest BCUT2D eigenvalue weighted by Gasteiger charge is 2.28. The summed E-state index contributed by atoms with van der Waals surface area (Å²) in [4.78, 5) is 9.54. The summed E-state index contributed by atoms with van der Waals surface area (Å²) in [6, 6.07) is 8.71. The minimum Gasteiger partial charge on any atom is -0.493 e. The Kier molecular flexibility index (Phi) is 4.79. The van der Waals surface area contributed by atoms with E-state index >= 15 is 0 Å². The minimum atomic E-state index is -0.235. The molecule has 0 spiro atoms. The first-order chi connectivity index (χ1) is 13.5. The lowest BCUT2D eigenvalue weighted by molar-refractivity contribution is 0.356. The molecule has 1 N–H and O–H groups in total. The SMILES string of the molecule is COc1cc2nc(C3CC3)nc(NC(C)c3cc(C)cc(F)c3)c2cc1OC. The number of benzene rings is 2. The molecule has 5 nitrogen and oxygen atoms in total. The van der Waals surface area contributed by atoms with Gasteiger partial charge in [0.1, 0.15) is 17.5 Å². The predicted molar refractivity (Wildman–Crippen MR) is 108 cm³/mol. The zero-order valence-corrected chi connectivity index (χ0v) is 16.5. The van der Waals surface area contributed by atoms with Gasteiger partial charge < -0.3 is 14.8 Å². The zero-order chi connectivity index (χ0) is 19.8. The van der Waals surface area contributed by atoms with Gasteiger partial charge in [0, 0.05) is 17.4 Å². The second-order valence-electron chi connectivity index (χ2n) is 7.36. The van der Waals surface area contributed by atoms with Gasteiger partial charge in [-0.2, -0.15) is 0 Å². The summed E-state index contributed by atoms with van der Waals surface area (Å²) < 4.78 is 24.7. The number of hydrogen-bond acceptors (Lipinski definition) is 5. The van der Waals surface area contributed by atoms with E-state index in [4.69, 9.17) is 19.4 Å². The molecule has 1 aromatic heterocycles. The molecule has 6 heteroatoms. The van der Waals surface area contributed by atoms with Gasteiger partial charge in [-0.15, -0.1) is 0 Å². The van der Waals surface area contributed by atoms with Crippen molar-refractivity contribution >= 4 is 16.7 Å². The van der Waals surface area contributed by atoms with Crippen LogP contribution in [0, 0.1) is 12.7 Å². The maximum absolute atomic E-state index is 13.9. The van der Waals surface area contributed by atoms with Gasteiger partial charge in [0.25, 0.3) is 0 Å². The van der Waals surface area contributed by atoms with Gasteiger partial charge in [0.05, 0.1) is 25.8 Å². The molecular formula is C22H24FN3O2. The molecule has 4 rings (SSSR count). The summed E-state index contributed by atoms with van der Waals surface area (Å²) in [5.74, 6) is 2.99. The average molecular weight is 381 g/mol. The number of nitrogens with zero attached hydrogens (tertiary/aromatic N) is 2. The normalized spacial score (nSPS) is 14.8. The largest absolute Gasteiger partial charge is 0.493 e. The monoisotopic (exact) mass is 381 g/mol. The number of hydrogen-bond donors (Lipinski definition) is 1. The summed E-state index contributed by atoms with van der Waals surface area (Å²) in [6.07, 6.45) is 2.22. The van der Waals surface area contributed by atoms with Crippen molar-refractivity contribution in [3.8, 4) is 11.5 Å². The number of aryl methyl sites for hydroxylation is 1. The fourth-order valence-electron chi connectivity index (χ4n) is 3.41. The second-order valence-corrected chi connectivity index (χ2v) is 7.36. The Balaban J connectivity index is 1.79. The van der Waals surface area contributed by atoms with E-state index in [2.05, 4.69) is 5.32 Å². The Morgan fingerprint density at radius 2 is 1.75 bits per heavy atom. The first-order valence-corrected chi connectivity index (χ1v) is 9.45. The molecule has 146 valence electrons. The minimum absolute atomic E-state index is 0.118. The van der Waals surface area contributed by atoms with E-state index in [1.807, 2.05) is 32.0 Å². The molecule has 0 aliphatic heterocycles. The van der Waals surface area contributed by atoms with Gasteiger partial charge in [-0.25, -0.2) is 14.4 Å². The van der Waals surface area contributed by atoms with Crippen LogP contribution in [-0.2, 0) is 0 Å². The molecule has 1 heterocycles. The van der Waals surface area contributed by atoms with Crippen LogP contribution in [0.15, 0.2) is 30.3 Å². The van der Waals surface area contributed by atoms with Crippen molar-refractivity contribution in [1.29, 1.82) is 0 Å². The molecule has 1 aliphatic rings. The van der Waals surface area contributed by atoms with Crippen molar-refractivity contribution in [3.05, 3.63) is 53.1 Å². The van der Waals surface area contributed by atoms with Crippen LogP contribution < -0.4 is 14.8 Å². The highest BCUT2D eigenvalue weighted by atomic mass is 19.1. The number of halogens is 1. The molecule has 1 fully saturated rings. The van der Waals surface area contributed by atoms with Crippen molar-refractivity contribution in [2.45, 2.75) is 38.6 Å². The van der Waals surface area contributed by atoms with Crippen LogP contribution in [0.5, 0.6) is 11.5 Å². The smallest absolute Gasteiger partial charge is 0.162 e. The highest BCUT2D eigenvalue weighted by molar-refractivity contribution is 5.92. The molecule has 1 atom stereocenters. The number of anilines is 1.